The van der Waals surface area contributed by atoms with E-state index >= 15 is 0 Å². The van der Waals surface area contributed by atoms with Crippen LogP contribution in [0.5, 0.6) is 0 Å². The van der Waals surface area contributed by atoms with E-state index in [9.17, 15) is 4.79 Å². The molecule has 2 nitrogen and oxygen atoms in total. The third kappa shape index (κ3) is 2.60. The molecule has 0 heterocycles. The minimum Gasteiger partial charge on any atom is -0.345 e. The van der Waals surface area contributed by atoms with Gasteiger partial charge in [0.1, 0.15) is 0 Å². The Morgan fingerprint density at radius 1 is 1.25 bits per heavy atom. The molecule has 0 saturated heterocycles. The van der Waals surface area contributed by atoms with Gasteiger partial charge in [0.15, 0.2) is 0 Å². The van der Waals surface area contributed by atoms with Crippen LogP contribution in [0.4, 0.5) is 0 Å². The predicted molar refractivity (Wildman–Crippen MR) is 84.1 cm³/mol. The van der Waals surface area contributed by atoms with E-state index in [1.807, 2.05) is 18.2 Å². The Kier molecular flexibility index (Phi) is 3.81. The summed E-state index contributed by atoms with van der Waals surface area (Å²) in [5, 5.41) is 3.53. The smallest absolute Gasteiger partial charge is 0.253 e. The fourth-order valence-corrected chi connectivity index (χ4v) is 3.38. The second-order valence-corrected chi connectivity index (χ2v) is 6.21. The number of nitrogens with one attached hydrogen (secondary N) is 1. The van der Waals surface area contributed by atoms with Crippen LogP contribution >= 0.6 is 27.5 Å². The maximum atomic E-state index is 12.3. The molecule has 3 rings (SSSR count). The van der Waals surface area contributed by atoms with Crippen molar-refractivity contribution in [2.75, 3.05) is 0 Å². The van der Waals surface area contributed by atoms with Gasteiger partial charge >= 0.3 is 0 Å². The minimum absolute atomic E-state index is 0.0819. The van der Waals surface area contributed by atoms with Gasteiger partial charge in [0, 0.05) is 4.47 Å². The number of fused-ring (bicyclic) bond motifs is 1. The highest BCUT2D eigenvalue weighted by Gasteiger charge is 2.24. The van der Waals surface area contributed by atoms with Crippen molar-refractivity contribution < 1.29 is 4.79 Å². The maximum Gasteiger partial charge on any atom is 0.253 e. The molecule has 1 aliphatic rings. The van der Waals surface area contributed by atoms with Gasteiger partial charge in [-0.15, -0.1) is 0 Å². The highest BCUT2D eigenvalue weighted by molar-refractivity contribution is 9.10. The van der Waals surface area contributed by atoms with Crippen molar-refractivity contribution in [3.05, 3.63) is 68.7 Å². The molecule has 4 heteroatoms. The van der Waals surface area contributed by atoms with E-state index < -0.39 is 0 Å². The van der Waals surface area contributed by atoms with Gasteiger partial charge in [0.25, 0.3) is 5.91 Å². The van der Waals surface area contributed by atoms with E-state index in [4.69, 9.17) is 11.6 Å². The topological polar surface area (TPSA) is 29.1 Å². The quantitative estimate of drug-likeness (QED) is 0.847. The van der Waals surface area contributed by atoms with Gasteiger partial charge in [-0.25, -0.2) is 0 Å². The monoisotopic (exact) mass is 349 g/mol. The number of hydrogen-bond donors (Lipinski definition) is 1. The molecule has 1 unspecified atom stereocenters. The number of carbonyl (C=O) groups is 1. The maximum absolute atomic E-state index is 12.3. The van der Waals surface area contributed by atoms with E-state index in [2.05, 4.69) is 33.4 Å². The number of hydrogen-bond acceptors (Lipinski definition) is 1. The molecule has 1 amide bonds. The number of rotatable bonds is 2. The summed E-state index contributed by atoms with van der Waals surface area (Å²) in [5.74, 6) is -0.121. The number of halogens is 2. The van der Waals surface area contributed by atoms with Crippen molar-refractivity contribution >= 4 is 33.4 Å². The highest BCUT2D eigenvalue weighted by Crippen LogP contribution is 2.31. The van der Waals surface area contributed by atoms with Crippen LogP contribution in [0.25, 0.3) is 0 Å². The molecule has 0 aromatic heterocycles. The standard InChI is InChI=1S/C16H13BrClNO/c17-11-6-7-13(14(18)9-11)16(20)19-15-8-5-10-3-1-2-4-12(10)15/h1-4,6-7,9,15H,5,8H2,(H,19,20). The molecule has 1 aliphatic carbocycles. The third-order valence-corrected chi connectivity index (χ3v) is 4.42. The zero-order chi connectivity index (χ0) is 14.1. The Morgan fingerprint density at radius 2 is 2.05 bits per heavy atom. The molecule has 0 radical (unpaired) electrons. The first-order chi connectivity index (χ1) is 9.65. The van der Waals surface area contributed by atoms with Crippen molar-refractivity contribution in [1.29, 1.82) is 0 Å². The SMILES string of the molecule is O=C(NC1CCc2ccccc21)c1ccc(Br)cc1Cl. The summed E-state index contributed by atoms with van der Waals surface area (Å²) in [5.41, 5.74) is 3.05. The molecule has 102 valence electrons. The minimum atomic E-state index is -0.121. The molecule has 0 bridgehead atoms. The van der Waals surface area contributed by atoms with Crippen LogP contribution in [0.15, 0.2) is 46.9 Å². The summed E-state index contributed by atoms with van der Waals surface area (Å²) in [6.45, 7) is 0. The first-order valence-electron chi connectivity index (χ1n) is 6.49. The summed E-state index contributed by atoms with van der Waals surface area (Å²) >= 11 is 9.46. The Morgan fingerprint density at radius 3 is 2.85 bits per heavy atom. The van der Waals surface area contributed by atoms with E-state index in [-0.39, 0.29) is 11.9 Å². The van der Waals surface area contributed by atoms with Crippen molar-refractivity contribution in [2.45, 2.75) is 18.9 Å². The number of carbonyl (C=O) groups excluding carboxylic acids is 1. The number of aryl methyl sites for hydroxylation is 1. The zero-order valence-electron chi connectivity index (χ0n) is 10.7. The van der Waals surface area contributed by atoms with Gasteiger partial charge in [0.05, 0.1) is 16.6 Å². The third-order valence-electron chi connectivity index (χ3n) is 3.61. The molecule has 0 fully saturated rings. The normalized spacial score (nSPS) is 16.8. The molecule has 2 aromatic carbocycles. The van der Waals surface area contributed by atoms with Crippen LogP contribution in [0, 0.1) is 0 Å². The lowest BCUT2D eigenvalue weighted by molar-refractivity contribution is 0.0937. The van der Waals surface area contributed by atoms with E-state index in [0.717, 1.165) is 17.3 Å². The van der Waals surface area contributed by atoms with E-state index in [1.165, 1.54) is 11.1 Å². The van der Waals surface area contributed by atoms with Crippen LogP contribution in [0.1, 0.15) is 33.9 Å². The van der Waals surface area contributed by atoms with Crippen LogP contribution in [-0.4, -0.2) is 5.91 Å². The fraction of sp³-hybridized carbons (Fsp3) is 0.188. The van der Waals surface area contributed by atoms with E-state index in [1.54, 1.807) is 12.1 Å². The van der Waals surface area contributed by atoms with Crippen molar-refractivity contribution in [3.63, 3.8) is 0 Å². The highest BCUT2D eigenvalue weighted by atomic mass is 79.9. The van der Waals surface area contributed by atoms with Crippen molar-refractivity contribution in [2.24, 2.45) is 0 Å². The van der Waals surface area contributed by atoms with E-state index in [0.29, 0.717) is 10.6 Å². The second kappa shape index (κ2) is 5.58. The van der Waals surface area contributed by atoms with Crippen LogP contribution in [0.2, 0.25) is 5.02 Å². The van der Waals surface area contributed by atoms with Crippen LogP contribution < -0.4 is 5.32 Å². The van der Waals surface area contributed by atoms with Gasteiger partial charge in [-0.2, -0.15) is 0 Å². The summed E-state index contributed by atoms with van der Waals surface area (Å²) in [7, 11) is 0. The molecule has 2 aromatic rings. The average molecular weight is 351 g/mol. The molecule has 1 atom stereocenters. The lowest BCUT2D eigenvalue weighted by Gasteiger charge is -2.14. The van der Waals surface area contributed by atoms with Gasteiger partial charge in [0.2, 0.25) is 0 Å². The van der Waals surface area contributed by atoms with Crippen LogP contribution in [-0.2, 0) is 6.42 Å². The Balaban J connectivity index is 1.81. The molecule has 20 heavy (non-hydrogen) atoms. The number of amides is 1. The molecular formula is C16H13BrClNO. The summed E-state index contributed by atoms with van der Waals surface area (Å²) in [6, 6.07) is 13.6. The zero-order valence-corrected chi connectivity index (χ0v) is 13.0. The fourth-order valence-electron chi connectivity index (χ4n) is 2.62. The van der Waals surface area contributed by atoms with Crippen molar-refractivity contribution in [3.8, 4) is 0 Å². The van der Waals surface area contributed by atoms with Gasteiger partial charge in [-0.1, -0.05) is 51.8 Å². The Labute approximate surface area is 131 Å². The lowest BCUT2D eigenvalue weighted by atomic mass is 10.1. The average Bonchev–Trinajstić information content (AvgIpc) is 2.82. The molecule has 0 spiro atoms. The first-order valence-corrected chi connectivity index (χ1v) is 7.66. The molecule has 1 N–H and O–H groups in total. The summed E-state index contributed by atoms with van der Waals surface area (Å²) in [4.78, 5) is 12.3. The second-order valence-electron chi connectivity index (χ2n) is 4.89. The van der Waals surface area contributed by atoms with Gasteiger partial charge in [-0.05, 0) is 42.2 Å². The molecular weight excluding hydrogens is 338 g/mol. The Hall–Kier alpha value is -1.32. The number of benzene rings is 2. The summed E-state index contributed by atoms with van der Waals surface area (Å²) < 4.78 is 0.866. The lowest BCUT2D eigenvalue weighted by Crippen LogP contribution is -2.27. The van der Waals surface area contributed by atoms with Gasteiger partial charge in [-0.3, -0.25) is 4.79 Å². The first kappa shape index (κ1) is 13.7. The predicted octanol–water partition coefficient (Wildman–Crippen LogP) is 4.52. The van der Waals surface area contributed by atoms with Gasteiger partial charge < -0.3 is 5.32 Å². The Bertz CT molecular complexity index is 671. The summed E-state index contributed by atoms with van der Waals surface area (Å²) in [6.07, 6.45) is 1.95. The molecule has 0 aliphatic heterocycles. The largest absolute Gasteiger partial charge is 0.345 e. The molecule has 0 saturated carbocycles. The van der Waals surface area contributed by atoms with Crippen molar-refractivity contribution in [1.82, 2.24) is 5.32 Å². The van der Waals surface area contributed by atoms with Crippen LogP contribution in [0.3, 0.4) is 0 Å².